The standard InChI is InChI=1S/C19H19ClN4S2/c1-19(11-25-24(2)18(21)23-19)17-13(20)10-16(26-17)15-9-8-14(22-15)12-6-4-3-5-7-12/h3-10,22H,11H2,1-2H3,(H2,21,23). The van der Waals surface area contributed by atoms with Crippen molar-refractivity contribution in [2.24, 2.45) is 10.7 Å². The van der Waals surface area contributed by atoms with Gasteiger partial charge in [-0.15, -0.1) is 11.3 Å². The number of aromatic amines is 1. The number of thiophene rings is 1. The predicted octanol–water partition coefficient (Wildman–Crippen LogP) is 5.19. The molecule has 0 spiro atoms. The van der Waals surface area contributed by atoms with Crippen LogP contribution in [0.25, 0.3) is 21.8 Å². The van der Waals surface area contributed by atoms with Gasteiger partial charge in [0.25, 0.3) is 0 Å². The van der Waals surface area contributed by atoms with Crippen molar-refractivity contribution in [2.75, 3.05) is 12.8 Å². The molecular weight excluding hydrogens is 384 g/mol. The van der Waals surface area contributed by atoms with Crippen LogP contribution in [0.4, 0.5) is 0 Å². The second-order valence-electron chi connectivity index (χ2n) is 6.45. The Labute approximate surface area is 166 Å². The quantitative estimate of drug-likeness (QED) is 0.593. The van der Waals surface area contributed by atoms with Gasteiger partial charge in [0.05, 0.1) is 20.5 Å². The summed E-state index contributed by atoms with van der Waals surface area (Å²) >= 11 is 9.92. The highest BCUT2D eigenvalue weighted by atomic mass is 35.5. The van der Waals surface area contributed by atoms with Crippen LogP contribution < -0.4 is 5.73 Å². The van der Waals surface area contributed by atoms with Crippen LogP contribution in [-0.4, -0.2) is 28.0 Å². The third-order valence-corrected chi connectivity index (χ3v) is 7.53. The van der Waals surface area contributed by atoms with E-state index in [1.54, 1.807) is 23.3 Å². The van der Waals surface area contributed by atoms with E-state index < -0.39 is 5.54 Å². The maximum Gasteiger partial charge on any atom is 0.202 e. The molecule has 3 heterocycles. The normalized spacial score (nSPS) is 20.3. The SMILES string of the molecule is CN1SCC(C)(c2sc(-c3ccc(-c4ccccc4)[nH]3)cc2Cl)N=C1N. The number of hydrogen-bond donors (Lipinski definition) is 2. The Morgan fingerprint density at radius 3 is 2.65 bits per heavy atom. The van der Waals surface area contributed by atoms with Crippen molar-refractivity contribution < 1.29 is 0 Å². The number of rotatable bonds is 3. The van der Waals surface area contributed by atoms with Gasteiger partial charge in [-0.3, -0.25) is 4.31 Å². The van der Waals surface area contributed by atoms with Crippen molar-refractivity contribution in [2.45, 2.75) is 12.5 Å². The fourth-order valence-electron chi connectivity index (χ4n) is 2.95. The van der Waals surface area contributed by atoms with E-state index in [4.69, 9.17) is 22.3 Å². The van der Waals surface area contributed by atoms with Crippen molar-refractivity contribution in [3.63, 3.8) is 0 Å². The van der Waals surface area contributed by atoms with Crippen molar-refractivity contribution in [1.29, 1.82) is 0 Å². The number of nitrogens with two attached hydrogens (primary N) is 1. The highest BCUT2D eigenvalue weighted by Crippen LogP contribution is 2.45. The Bertz CT molecular complexity index is 963. The number of nitrogens with one attached hydrogen (secondary N) is 1. The molecule has 4 nitrogen and oxygen atoms in total. The number of H-pyrrole nitrogens is 1. The number of halogens is 1. The first-order valence-electron chi connectivity index (χ1n) is 8.23. The summed E-state index contributed by atoms with van der Waals surface area (Å²) in [6.45, 7) is 2.09. The van der Waals surface area contributed by atoms with E-state index in [-0.39, 0.29) is 0 Å². The fraction of sp³-hybridized carbons (Fsp3) is 0.211. The molecule has 0 saturated carbocycles. The lowest BCUT2D eigenvalue weighted by molar-refractivity contribution is 0.550. The molecule has 0 fully saturated rings. The molecule has 3 N–H and O–H groups in total. The van der Waals surface area contributed by atoms with Gasteiger partial charge in [-0.1, -0.05) is 41.9 Å². The van der Waals surface area contributed by atoms with E-state index in [1.807, 2.05) is 35.6 Å². The lowest BCUT2D eigenvalue weighted by Gasteiger charge is -2.33. The Balaban J connectivity index is 1.69. The zero-order valence-corrected chi connectivity index (χ0v) is 16.9. The van der Waals surface area contributed by atoms with E-state index in [1.165, 1.54) is 0 Å². The van der Waals surface area contributed by atoms with Gasteiger partial charge in [0, 0.05) is 18.5 Å². The molecule has 0 amide bonds. The molecule has 1 aliphatic rings. The molecule has 2 aromatic heterocycles. The molecule has 1 unspecified atom stereocenters. The summed E-state index contributed by atoms with van der Waals surface area (Å²) in [5.41, 5.74) is 8.95. The summed E-state index contributed by atoms with van der Waals surface area (Å²) < 4.78 is 1.89. The molecule has 0 aliphatic carbocycles. The van der Waals surface area contributed by atoms with Gasteiger partial charge < -0.3 is 10.7 Å². The van der Waals surface area contributed by atoms with Crippen LogP contribution in [0.2, 0.25) is 5.02 Å². The second kappa shape index (κ2) is 6.68. The minimum atomic E-state index is -0.407. The molecule has 0 radical (unpaired) electrons. The molecule has 3 aromatic rings. The lowest BCUT2D eigenvalue weighted by Crippen LogP contribution is -2.39. The van der Waals surface area contributed by atoms with Crippen molar-refractivity contribution >= 4 is 40.8 Å². The van der Waals surface area contributed by atoms with Crippen LogP contribution >= 0.6 is 34.9 Å². The monoisotopic (exact) mass is 402 g/mol. The Morgan fingerprint density at radius 2 is 1.92 bits per heavy atom. The van der Waals surface area contributed by atoms with Gasteiger partial charge in [0.15, 0.2) is 0 Å². The summed E-state index contributed by atoms with van der Waals surface area (Å²) in [5.74, 6) is 1.34. The molecule has 26 heavy (non-hydrogen) atoms. The topological polar surface area (TPSA) is 57.4 Å². The van der Waals surface area contributed by atoms with E-state index >= 15 is 0 Å². The summed E-state index contributed by atoms with van der Waals surface area (Å²) in [5, 5.41) is 0.741. The average Bonchev–Trinajstić information content (AvgIpc) is 3.26. The molecule has 0 bridgehead atoms. The van der Waals surface area contributed by atoms with Crippen LogP contribution in [0.3, 0.4) is 0 Å². The first kappa shape index (κ1) is 17.5. The molecule has 1 atom stereocenters. The van der Waals surface area contributed by atoms with Crippen LogP contribution in [0, 0.1) is 0 Å². The number of benzene rings is 1. The van der Waals surface area contributed by atoms with E-state index in [0.29, 0.717) is 5.96 Å². The van der Waals surface area contributed by atoms with Crippen LogP contribution in [-0.2, 0) is 5.54 Å². The smallest absolute Gasteiger partial charge is 0.202 e. The van der Waals surface area contributed by atoms with Gasteiger partial charge in [-0.25, -0.2) is 4.99 Å². The Hall–Kier alpha value is -1.89. The first-order chi connectivity index (χ1) is 12.5. The maximum absolute atomic E-state index is 6.59. The summed E-state index contributed by atoms with van der Waals surface area (Å²) in [4.78, 5) is 10.3. The minimum absolute atomic E-state index is 0.407. The maximum atomic E-state index is 6.59. The minimum Gasteiger partial charge on any atom is -0.369 e. The van der Waals surface area contributed by atoms with Gasteiger partial charge in [-0.05, 0) is 42.6 Å². The number of nitrogens with zero attached hydrogens (tertiary/aromatic N) is 2. The van der Waals surface area contributed by atoms with Crippen molar-refractivity contribution in [1.82, 2.24) is 9.29 Å². The zero-order valence-electron chi connectivity index (χ0n) is 14.5. The largest absolute Gasteiger partial charge is 0.369 e. The van der Waals surface area contributed by atoms with Crippen LogP contribution in [0.15, 0.2) is 53.5 Å². The number of aliphatic imine (C=N–C) groups is 1. The molecule has 7 heteroatoms. The van der Waals surface area contributed by atoms with E-state index in [9.17, 15) is 0 Å². The van der Waals surface area contributed by atoms with E-state index in [2.05, 4.69) is 36.2 Å². The van der Waals surface area contributed by atoms with Crippen molar-refractivity contribution in [3.8, 4) is 21.8 Å². The van der Waals surface area contributed by atoms with Crippen LogP contribution in [0.5, 0.6) is 0 Å². The summed E-state index contributed by atoms with van der Waals surface area (Å²) in [6, 6.07) is 16.5. The first-order valence-corrected chi connectivity index (χ1v) is 10.4. The predicted molar refractivity (Wildman–Crippen MR) is 114 cm³/mol. The molecule has 1 aliphatic heterocycles. The number of guanidine groups is 1. The van der Waals surface area contributed by atoms with Crippen molar-refractivity contribution in [3.05, 3.63) is 58.4 Å². The highest BCUT2D eigenvalue weighted by Gasteiger charge is 2.35. The molecule has 134 valence electrons. The van der Waals surface area contributed by atoms with Gasteiger partial charge >= 0.3 is 0 Å². The Morgan fingerprint density at radius 1 is 1.19 bits per heavy atom. The number of aromatic nitrogens is 1. The summed E-state index contributed by atoms with van der Waals surface area (Å²) in [6.07, 6.45) is 0. The van der Waals surface area contributed by atoms with Crippen LogP contribution in [0.1, 0.15) is 11.8 Å². The molecule has 1 aromatic carbocycles. The zero-order chi connectivity index (χ0) is 18.3. The molecular formula is C19H19ClN4S2. The molecule has 4 rings (SSSR count). The third-order valence-electron chi connectivity index (χ3n) is 4.44. The summed E-state index contributed by atoms with van der Waals surface area (Å²) in [7, 11) is 1.93. The lowest BCUT2D eigenvalue weighted by atomic mass is 10.0. The Kier molecular flexibility index (Phi) is 4.50. The third kappa shape index (κ3) is 3.13. The average molecular weight is 403 g/mol. The number of hydrogen-bond acceptors (Lipinski definition) is 5. The molecule has 0 saturated heterocycles. The van der Waals surface area contributed by atoms with E-state index in [0.717, 1.165) is 37.5 Å². The van der Waals surface area contributed by atoms with Gasteiger partial charge in [0.2, 0.25) is 5.96 Å². The van der Waals surface area contributed by atoms with Gasteiger partial charge in [-0.2, -0.15) is 0 Å². The van der Waals surface area contributed by atoms with Gasteiger partial charge in [0.1, 0.15) is 5.54 Å². The second-order valence-corrected chi connectivity index (χ2v) is 9.01. The fourth-order valence-corrected chi connectivity index (χ4v) is 5.49. The highest BCUT2D eigenvalue weighted by molar-refractivity contribution is 7.97.